The summed E-state index contributed by atoms with van der Waals surface area (Å²) in [5.74, 6) is 0.418. The molecule has 1 fully saturated rings. The van der Waals surface area contributed by atoms with Crippen LogP contribution in [0.2, 0.25) is 10.0 Å². The van der Waals surface area contributed by atoms with Crippen LogP contribution in [0.5, 0.6) is 5.88 Å². The fraction of sp³-hybridized carbons (Fsp3) is 0.348. The van der Waals surface area contributed by atoms with Crippen LogP contribution in [0.15, 0.2) is 41.0 Å². The van der Waals surface area contributed by atoms with Gasteiger partial charge in [-0.2, -0.15) is 9.50 Å². The second-order valence-electron chi connectivity index (χ2n) is 8.05. The summed E-state index contributed by atoms with van der Waals surface area (Å²) in [4.78, 5) is 20.3. The van der Waals surface area contributed by atoms with Crippen LogP contribution in [0, 0.1) is 5.92 Å². The van der Waals surface area contributed by atoms with E-state index in [1.165, 1.54) is 15.9 Å². The second-order valence-corrected chi connectivity index (χ2v) is 9.90. The molecule has 0 aliphatic carbocycles. The number of benzene rings is 1. The summed E-state index contributed by atoms with van der Waals surface area (Å²) in [6.45, 7) is 3.35. The SMILES string of the molecule is CCOC(=O)[C@@H]1CCCN([C@H](c2ccc(Cl)cc2Cl)c2sc3nc(-c4ccco4)nn3c2O)C1. The number of fused-ring (bicyclic) bond motifs is 1. The lowest BCUT2D eigenvalue weighted by Crippen LogP contribution is -2.41. The van der Waals surface area contributed by atoms with Crippen molar-refractivity contribution in [2.24, 2.45) is 5.92 Å². The maximum absolute atomic E-state index is 12.5. The quantitative estimate of drug-likeness (QED) is 0.339. The number of ether oxygens (including phenoxy) is 1. The van der Waals surface area contributed by atoms with Crippen LogP contribution in [0.1, 0.15) is 36.2 Å². The van der Waals surface area contributed by atoms with E-state index >= 15 is 0 Å². The summed E-state index contributed by atoms with van der Waals surface area (Å²) in [5, 5.41) is 16.6. The van der Waals surface area contributed by atoms with Gasteiger partial charge >= 0.3 is 5.97 Å². The van der Waals surface area contributed by atoms with E-state index in [1.807, 2.05) is 6.07 Å². The van der Waals surface area contributed by atoms with Gasteiger partial charge < -0.3 is 14.3 Å². The van der Waals surface area contributed by atoms with Gasteiger partial charge in [0.2, 0.25) is 16.7 Å². The number of carbonyl (C=O) groups is 1. The molecule has 1 N–H and O–H groups in total. The summed E-state index contributed by atoms with van der Waals surface area (Å²) in [6.07, 6.45) is 3.12. The van der Waals surface area contributed by atoms with Crippen LogP contribution < -0.4 is 0 Å². The lowest BCUT2D eigenvalue weighted by atomic mass is 9.94. The lowest BCUT2D eigenvalue weighted by Gasteiger charge is -2.37. The Kier molecular flexibility index (Phi) is 6.52. The largest absolute Gasteiger partial charge is 0.492 e. The molecule has 0 radical (unpaired) electrons. The number of likely N-dealkylation sites (tertiary alicyclic amines) is 1. The van der Waals surface area contributed by atoms with E-state index < -0.39 is 6.04 Å². The average molecular weight is 521 g/mol. The number of aromatic hydroxyl groups is 1. The number of hydrogen-bond donors (Lipinski definition) is 1. The topological polar surface area (TPSA) is 93.1 Å². The molecule has 11 heteroatoms. The average Bonchev–Trinajstić information content (AvgIpc) is 3.55. The maximum atomic E-state index is 12.5. The molecule has 1 aromatic carbocycles. The van der Waals surface area contributed by atoms with E-state index in [4.69, 9.17) is 32.4 Å². The molecule has 0 bridgehead atoms. The number of piperidine rings is 1. The highest BCUT2D eigenvalue weighted by atomic mass is 35.5. The molecule has 2 atom stereocenters. The number of rotatable bonds is 6. The first-order valence-electron chi connectivity index (χ1n) is 10.9. The fourth-order valence-corrected chi connectivity index (χ4v) is 5.98. The predicted molar refractivity (Wildman–Crippen MR) is 129 cm³/mol. The molecule has 1 aliphatic rings. The Morgan fingerprint density at radius 1 is 1.38 bits per heavy atom. The van der Waals surface area contributed by atoms with Gasteiger partial charge in [0.15, 0.2) is 5.76 Å². The first-order valence-corrected chi connectivity index (χ1v) is 12.5. The molecule has 8 nitrogen and oxygen atoms in total. The van der Waals surface area contributed by atoms with Gasteiger partial charge in [-0.15, -0.1) is 5.10 Å². The minimum absolute atomic E-state index is 0.0282. The van der Waals surface area contributed by atoms with Crippen molar-refractivity contribution in [3.05, 3.63) is 57.1 Å². The standard InChI is InChI=1S/C23H22Cl2N4O4S/c1-2-32-22(31)13-5-3-9-28(12-13)18(15-8-7-14(24)11-16(15)25)19-21(30)29-23(34-19)26-20(27-29)17-6-4-10-33-17/h4,6-8,10-11,13,18,30H,2-3,5,9,12H2,1H3/t13-,18-/m1/s1. The zero-order valence-corrected chi connectivity index (χ0v) is 20.6. The molecule has 4 aromatic rings. The molecular weight excluding hydrogens is 499 g/mol. The van der Waals surface area contributed by atoms with Crippen molar-refractivity contribution in [1.29, 1.82) is 0 Å². The predicted octanol–water partition coefficient (Wildman–Crippen LogP) is 5.43. The van der Waals surface area contributed by atoms with Crippen molar-refractivity contribution in [2.45, 2.75) is 25.8 Å². The van der Waals surface area contributed by atoms with Gasteiger partial charge in [-0.05, 0) is 56.1 Å². The van der Waals surface area contributed by atoms with E-state index in [0.717, 1.165) is 24.9 Å². The van der Waals surface area contributed by atoms with Gasteiger partial charge in [-0.3, -0.25) is 9.69 Å². The molecule has 0 amide bonds. The molecule has 3 aromatic heterocycles. The van der Waals surface area contributed by atoms with Crippen molar-refractivity contribution in [3.63, 3.8) is 0 Å². The van der Waals surface area contributed by atoms with E-state index in [9.17, 15) is 9.90 Å². The Bertz CT molecular complexity index is 1320. The van der Waals surface area contributed by atoms with Crippen molar-refractivity contribution in [1.82, 2.24) is 19.5 Å². The number of thiazole rings is 1. The van der Waals surface area contributed by atoms with Crippen LogP contribution >= 0.6 is 34.5 Å². The normalized spacial score (nSPS) is 17.8. The van der Waals surface area contributed by atoms with Crippen LogP contribution in [-0.4, -0.2) is 50.3 Å². The smallest absolute Gasteiger partial charge is 0.310 e. The van der Waals surface area contributed by atoms with Gasteiger partial charge in [0.25, 0.3) is 0 Å². The maximum Gasteiger partial charge on any atom is 0.310 e. The third-order valence-corrected chi connectivity index (χ3v) is 7.52. The zero-order valence-electron chi connectivity index (χ0n) is 18.3. The molecule has 0 unspecified atom stereocenters. The van der Waals surface area contributed by atoms with Gasteiger partial charge in [0.1, 0.15) is 0 Å². The summed E-state index contributed by atoms with van der Waals surface area (Å²) in [6, 6.07) is 8.41. The number of nitrogens with zero attached hydrogens (tertiary/aromatic N) is 4. The zero-order chi connectivity index (χ0) is 23.8. The van der Waals surface area contributed by atoms with Gasteiger partial charge in [0.05, 0.1) is 29.7 Å². The lowest BCUT2D eigenvalue weighted by molar-refractivity contribution is -0.150. The number of hydrogen-bond acceptors (Lipinski definition) is 8. The highest BCUT2D eigenvalue weighted by Crippen LogP contribution is 2.44. The molecule has 178 valence electrons. The third-order valence-electron chi connectivity index (χ3n) is 5.88. The van der Waals surface area contributed by atoms with Crippen LogP contribution in [-0.2, 0) is 9.53 Å². The van der Waals surface area contributed by atoms with Crippen molar-refractivity contribution < 1.29 is 19.1 Å². The Morgan fingerprint density at radius 3 is 2.94 bits per heavy atom. The van der Waals surface area contributed by atoms with Crippen molar-refractivity contribution in [2.75, 3.05) is 19.7 Å². The van der Waals surface area contributed by atoms with Gasteiger partial charge in [0, 0.05) is 16.6 Å². The van der Waals surface area contributed by atoms with Crippen LogP contribution in [0.3, 0.4) is 0 Å². The molecule has 0 saturated carbocycles. The fourth-order valence-electron chi connectivity index (χ4n) is 4.36. The molecule has 1 saturated heterocycles. The summed E-state index contributed by atoms with van der Waals surface area (Å²) in [7, 11) is 0. The minimum Gasteiger partial charge on any atom is -0.492 e. The van der Waals surface area contributed by atoms with Crippen molar-refractivity contribution in [3.8, 4) is 17.5 Å². The highest BCUT2D eigenvalue weighted by molar-refractivity contribution is 7.17. The van der Waals surface area contributed by atoms with Crippen LogP contribution in [0.25, 0.3) is 16.5 Å². The first kappa shape index (κ1) is 23.2. The Hall–Kier alpha value is -2.59. The van der Waals surface area contributed by atoms with E-state index in [2.05, 4.69) is 15.0 Å². The third kappa shape index (κ3) is 4.29. The summed E-state index contributed by atoms with van der Waals surface area (Å²) in [5.41, 5.74) is 0.779. The first-order chi connectivity index (χ1) is 16.5. The van der Waals surface area contributed by atoms with Crippen molar-refractivity contribution >= 4 is 45.5 Å². The monoisotopic (exact) mass is 520 g/mol. The number of aromatic nitrogens is 3. The molecule has 1 aliphatic heterocycles. The Labute approximate surface area is 209 Å². The Balaban J connectivity index is 1.57. The molecule has 4 heterocycles. The molecule has 5 rings (SSSR count). The van der Waals surface area contributed by atoms with E-state index in [0.29, 0.717) is 44.6 Å². The summed E-state index contributed by atoms with van der Waals surface area (Å²) >= 11 is 14.1. The number of carbonyl (C=O) groups excluding carboxylic acids is 1. The van der Waals surface area contributed by atoms with Gasteiger partial charge in [-0.1, -0.05) is 40.6 Å². The van der Waals surface area contributed by atoms with E-state index in [-0.39, 0.29) is 17.8 Å². The van der Waals surface area contributed by atoms with E-state index in [1.54, 1.807) is 37.5 Å². The minimum atomic E-state index is -0.414. The number of esters is 1. The summed E-state index contributed by atoms with van der Waals surface area (Å²) < 4.78 is 12.1. The molecule has 34 heavy (non-hydrogen) atoms. The molecule has 0 spiro atoms. The highest BCUT2D eigenvalue weighted by Gasteiger charge is 2.36. The number of halogens is 2. The van der Waals surface area contributed by atoms with Crippen LogP contribution in [0.4, 0.5) is 0 Å². The second kappa shape index (κ2) is 9.58. The number of furan rings is 1. The molecular formula is C23H22Cl2N4O4S. The van der Waals surface area contributed by atoms with Gasteiger partial charge in [-0.25, -0.2) is 0 Å². The Morgan fingerprint density at radius 2 is 2.24 bits per heavy atom.